The van der Waals surface area contributed by atoms with Gasteiger partial charge in [0.2, 0.25) is 0 Å². The van der Waals surface area contributed by atoms with Gasteiger partial charge in [0.15, 0.2) is 0 Å². The van der Waals surface area contributed by atoms with E-state index in [4.69, 9.17) is 11.0 Å². The van der Waals surface area contributed by atoms with Crippen molar-refractivity contribution in [3.8, 4) is 23.3 Å². The van der Waals surface area contributed by atoms with Crippen molar-refractivity contribution in [2.24, 2.45) is 5.73 Å². The first-order chi connectivity index (χ1) is 12.0. The second-order valence-corrected chi connectivity index (χ2v) is 6.49. The van der Waals surface area contributed by atoms with E-state index in [1.165, 1.54) is 11.3 Å². The van der Waals surface area contributed by atoms with Gasteiger partial charge in [0.25, 0.3) is 0 Å². The van der Waals surface area contributed by atoms with Crippen LogP contribution >= 0.6 is 11.3 Å². The van der Waals surface area contributed by atoms with Gasteiger partial charge in [-0.25, -0.2) is 4.98 Å². The zero-order valence-electron chi connectivity index (χ0n) is 13.5. The van der Waals surface area contributed by atoms with E-state index in [1.54, 1.807) is 17.5 Å². The molecule has 0 spiro atoms. The summed E-state index contributed by atoms with van der Waals surface area (Å²) in [6.45, 7) is 2.36. The zero-order valence-corrected chi connectivity index (χ0v) is 14.3. The predicted octanol–water partition coefficient (Wildman–Crippen LogP) is 2.66. The number of nitriles is 2. The topological polar surface area (TPSA) is 112 Å². The minimum atomic E-state index is -1.10. The summed E-state index contributed by atoms with van der Waals surface area (Å²) < 4.78 is 1.89. The molecule has 6 nitrogen and oxygen atoms in total. The molecule has 0 aliphatic heterocycles. The molecule has 0 bridgehead atoms. The van der Waals surface area contributed by atoms with Crippen LogP contribution in [0.3, 0.4) is 0 Å². The van der Waals surface area contributed by atoms with Gasteiger partial charge in [0.05, 0.1) is 23.9 Å². The van der Waals surface area contributed by atoms with Gasteiger partial charge >= 0.3 is 0 Å². The van der Waals surface area contributed by atoms with Crippen LogP contribution in [0, 0.1) is 29.6 Å². The molecular formula is C18H15N5OS. The van der Waals surface area contributed by atoms with Gasteiger partial charge in [-0.1, -0.05) is 12.1 Å². The Kier molecular flexibility index (Phi) is 4.64. The number of aliphatic hydroxyl groups excluding tert-OH is 1. The minimum absolute atomic E-state index is 0.427. The third-order valence-electron chi connectivity index (χ3n) is 3.90. The molecule has 0 saturated carbocycles. The molecule has 0 amide bonds. The third-order valence-corrected chi connectivity index (χ3v) is 4.75. The monoisotopic (exact) mass is 349 g/mol. The summed E-state index contributed by atoms with van der Waals surface area (Å²) in [5.74, 6) is 0. The van der Waals surface area contributed by atoms with Crippen molar-refractivity contribution in [1.82, 2.24) is 9.55 Å². The molecule has 0 fully saturated rings. The van der Waals surface area contributed by atoms with Gasteiger partial charge in [-0.2, -0.15) is 10.5 Å². The Labute approximate surface area is 149 Å². The van der Waals surface area contributed by atoms with E-state index in [9.17, 15) is 10.4 Å². The molecule has 3 rings (SSSR count). The summed E-state index contributed by atoms with van der Waals surface area (Å²) in [6, 6.07) is 13.4. The first kappa shape index (κ1) is 16.9. The van der Waals surface area contributed by atoms with Crippen LogP contribution in [0.4, 0.5) is 0 Å². The number of aliphatic hydroxyl groups is 1. The second-order valence-electron chi connectivity index (χ2n) is 5.55. The van der Waals surface area contributed by atoms with Crippen LogP contribution in [0.15, 0.2) is 35.7 Å². The number of nitrogens with zero attached hydrogens (tertiary/aromatic N) is 4. The van der Waals surface area contributed by atoms with Gasteiger partial charge in [0.1, 0.15) is 23.0 Å². The number of hydrogen-bond donors (Lipinski definition) is 2. The van der Waals surface area contributed by atoms with Crippen molar-refractivity contribution < 1.29 is 5.11 Å². The molecule has 1 atom stereocenters. The molecule has 0 saturated heterocycles. The highest BCUT2D eigenvalue weighted by atomic mass is 32.1. The Bertz CT molecular complexity index is 986. The van der Waals surface area contributed by atoms with E-state index >= 15 is 0 Å². The average molecular weight is 349 g/mol. The molecule has 2 aromatic heterocycles. The molecule has 0 aliphatic rings. The van der Waals surface area contributed by atoms with Crippen LogP contribution < -0.4 is 5.73 Å². The maximum absolute atomic E-state index is 9.65. The van der Waals surface area contributed by atoms with Gasteiger partial charge in [-0.15, -0.1) is 11.3 Å². The first-order valence-electron chi connectivity index (χ1n) is 7.52. The molecule has 0 radical (unpaired) electrons. The number of thiazole rings is 1. The van der Waals surface area contributed by atoms with Crippen molar-refractivity contribution in [2.75, 3.05) is 0 Å². The van der Waals surface area contributed by atoms with E-state index in [0.717, 1.165) is 21.8 Å². The Morgan fingerprint density at radius 2 is 2.00 bits per heavy atom. The molecule has 7 heteroatoms. The maximum atomic E-state index is 9.65. The van der Waals surface area contributed by atoms with E-state index in [1.807, 2.05) is 29.7 Å². The number of aryl methyl sites for hydroxylation is 1. The van der Waals surface area contributed by atoms with Gasteiger partial charge in [-0.3, -0.25) is 0 Å². The maximum Gasteiger partial charge on any atom is 0.146 e. The van der Waals surface area contributed by atoms with Crippen LogP contribution in [0.1, 0.15) is 33.9 Å². The van der Waals surface area contributed by atoms with Gasteiger partial charge in [0, 0.05) is 16.6 Å². The quantitative estimate of drug-likeness (QED) is 0.703. The zero-order chi connectivity index (χ0) is 18.0. The number of aromatic nitrogens is 2. The largest absolute Gasteiger partial charge is 0.373 e. The lowest BCUT2D eigenvalue weighted by Gasteiger charge is -2.06. The Morgan fingerprint density at radius 3 is 2.56 bits per heavy atom. The smallest absolute Gasteiger partial charge is 0.146 e. The fraction of sp³-hybridized carbons (Fsp3) is 0.167. The Balaban J connectivity index is 1.99. The average Bonchev–Trinajstić information content (AvgIpc) is 3.21. The second kappa shape index (κ2) is 6.88. The summed E-state index contributed by atoms with van der Waals surface area (Å²) in [7, 11) is 0. The molecular weight excluding hydrogens is 334 g/mol. The number of hydrogen-bond acceptors (Lipinski definition) is 6. The van der Waals surface area contributed by atoms with Crippen LogP contribution in [0.2, 0.25) is 0 Å². The Hall–Kier alpha value is -2.97. The van der Waals surface area contributed by atoms with E-state index in [0.29, 0.717) is 23.5 Å². The van der Waals surface area contributed by atoms with Crippen LogP contribution in [-0.4, -0.2) is 14.7 Å². The van der Waals surface area contributed by atoms with Crippen LogP contribution in [0.25, 0.3) is 11.1 Å². The lowest BCUT2D eigenvalue weighted by atomic mass is 10.0. The van der Waals surface area contributed by atoms with Crippen LogP contribution in [-0.2, 0) is 6.54 Å². The normalized spacial score (nSPS) is 11.7. The van der Waals surface area contributed by atoms with Crippen molar-refractivity contribution in [1.29, 1.82) is 10.5 Å². The van der Waals surface area contributed by atoms with Crippen molar-refractivity contribution in [2.45, 2.75) is 19.7 Å². The van der Waals surface area contributed by atoms with Gasteiger partial charge in [-0.05, 0) is 30.7 Å². The molecule has 2 heterocycles. The molecule has 124 valence electrons. The SMILES string of the molecule is Cc1cc(-c2ccc(C#N)cc2)c(C#N)n1Cc1nc(C(N)O)cs1. The predicted molar refractivity (Wildman–Crippen MR) is 94.4 cm³/mol. The standard InChI is InChI=1S/C18H15N5OS/c1-11-6-14(13-4-2-12(7-19)3-5-13)16(8-20)23(11)9-17-22-15(10-25-17)18(21)24/h2-6,10,18,24H,9,21H2,1H3. The Morgan fingerprint density at radius 1 is 1.28 bits per heavy atom. The highest BCUT2D eigenvalue weighted by molar-refractivity contribution is 7.09. The fourth-order valence-corrected chi connectivity index (χ4v) is 3.43. The molecule has 25 heavy (non-hydrogen) atoms. The summed E-state index contributed by atoms with van der Waals surface area (Å²) in [5.41, 5.74) is 9.60. The van der Waals surface area contributed by atoms with Crippen molar-refractivity contribution in [3.63, 3.8) is 0 Å². The van der Waals surface area contributed by atoms with Gasteiger partial charge < -0.3 is 15.4 Å². The molecule has 1 unspecified atom stereocenters. The number of nitrogens with two attached hydrogens (primary N) is 1. The van der Waals surface area contributed by atoms with E-state index in [-0.39, 0.29) is 0 Å². The molecule has 3 N–H and O–H groups in total. The molecule has 1 aromatic carbocycles. The lowest BCUT2D eigenvalue weighted by Crippen LogP contribution is -2.09. The summed E-state index contributed by atoms with van der Waals surface area (Å²) >= 11 is 1.39. The lowest BCUT2D eigenvalue weighted by molar-refractivity contribution is 0.182. The van der Waals surface area contributed by atoms with Crippen molar-refractivity contribution >= 4 is 11.3 Å². The fourth-order valence-electron chi connectivity index (χ4n) is 2.61. The molecule has 0 aliphatic carbocycles. The van der Waals surface area contributed by atoms with Crippen LogP contribution in [0.5, 0.6) is 0 Å². The molecule has 3 aromatic rings. The first-order valence-corrected chi connectivity index (χ1v) is 8.40. The minimum Gasteiger partial charge on any atom is -0.373 e. The highest BCUT2D eigenvalue weighted by Gasteiger charge is 2.16. The number of rotatable bonds is 4. The summed E-state index contributed by atoms with van der Waals surface area (Å²) in [6.07, 6.45) is -1.10. The summed E-state index contributed by atoms with van der Waals surface area (Å²) in [5, 5.41) is 30.4. The third kappa shape index (κ3) is 3.30. The number of benzene rings is 1. The van der Waals surface area contributed by atoms with Crippen molar-refractivity contribution in [3.05, 3.63) is 63.4 Å². The summed E-state index contributed by atoms with van der Waals surface area (Å²) in [4.78, 5) is 4.30. The highest BCUT2D eigenvalue weighted by Crippen LogP contribution is 2.28. The van der Waals surface area contributed by atoms with E-state index in [2.05, 4.69) is 17.1 Å². The van der Waals surface area contributed by atoms with E-state index < -0.39 is 6.23 Å².